The van der Waals surface area contributed by atoms with E-state index in [0.29, 0.717) is 6.10 Å². The van der Waals surface area contributed by atoms with Crippen LogP contribution in [0.3, 0.4) is 0 Å². The molecule has 1 atom stereocenters. The van der Waals surface area contributed by atoms with Gasteiger partial charge in [-0.1, -0.05) is 26.7 Å². The normalized spacial score (nSPS) is 23.7. The van der Waals surface area contributed by atoms with E-state index in [0.717, 1.165) is 19.8 Å². The highest BCUT2D eigenvalue weighted by molar-refractivity contribution is 4.58. The molecule has 0 aromatic heterocycles. The van der Waals surface area contributed by atoms with Crippen LogP contribution in [-0.4, -0.2) is 25.9 Å². The molecule has 0 saturated carbocycles. The summed E-state index contributed by atoms with van der Waals surface area (Å²) in [5.74, 6) is 0. The first-order valence-electron chi connectivity index (χ1n) is 4.50. The van der Waals surface area contributed by atoms with E-state index in [-0.39, 0.29) is 0 Å². The SMILES string of the molecule is C1CO1.CC1CO1.CCCC. The zero-order valence-electron chi connectivity index (χ0n) is 7.93. The topological polar surface area (TPSA) is 25.1 Å². The molecule has 0 N–H and O–H groups in total. The third kappa shape index (κ3) is 25.7. The highest BCUT2D eigenvalue weighted by atomic mass is 16.6. The molecule has 0 aliphatic carbocycles. The fourth-order valence-corrected chi connectivity index (χ4v) is 0.0962. The third-order valence-corrected chi connectivity index (χ3v) is 1.20. The quantitative estimate of drug-likeness (QED) is 0.549. The van der Waals surface area contributed by atoms with Crippen LogP contribution in [0.25, 0.3) is 0 Å². The Morgan fingerprint density at radius 1 is 1.18 bits per heavy atom. The van der Waals surface area contributed by atoms with Gasteiger partial charge < -0.3 is 9.47 Å². The smallest absolute Gasteiger partial charge is 0.0781 e. The number of epoxide rings is 2. The van der Waals surface area contributed by atoms with E-state index in [1.165, 1.54) is 12.8 Å². The molecule has 1 unspecified atom stereocenters. The van der Waals surface area contributed by atoms with Crippen molar-refractivity contribution < 1.29 is 9.47 Å². The molecule has 0 spiro atoms. The standard InChI is InChI=1S/C4H10.C3H6O.C2H4O/c1-3-4-2;1-3-2-4-3;1-2-3-1/h3-4H2,1-2H3;3H,2H2,1H3;1-2H2. The van der Waals surface area contributed by atoms with Crippen LogP contribution >= 0.6 is 0 Å². The van der Waals surface area contributed by atoms with Crippen LogP contribution in [0.5, 0.6) is 0 Å². The maximum absolute atomic E-state index is 4.71. The summed E-state index contributed by atoms with van der Waals surface area (Å²) in [7, 11) is 0. The summed E-state index contributed by atoms with van der Waals surface area (Å²) in [4.78, 5) is 0. The molecular formula is C9H20O2. The van der Waals surface area contributed by atoms with Gasteiger partial charge in [0.1, 0.15) is 0 Å². The Bertz CT molecular complexity index is 63.2. The van der Waals surface area contributed by atoms with Crippen LogP contribution < -0.4 is 0 Å². The Hall–Kier alpha value is -0.0800. The lowest BCUT2D eigenvalue weighted by Crippen LogP contribution is -1.60. The molecule has 2 saturated heterocycles. The Balaban J connectivity index is 0.000000137. The molecule has 2 rings (SSSR count). The van der Waals surface area contributed by atoms with Gasteiger partial charge in [0, 0.05) is 0 Å². The maximum Gasteiger partial charge on any atom is 0.0781 e. The van der Waals surface area contributed by atoms with Crippen molar-refractivity contribution in [2.75, 3.05) is 19.8 Å². The maximum atomic E-state index is 4.71. The summed E-state index contributed by atoms with van der Waals surface area (Å²) < 4.78 is 9.21. The summed E-state index contributed by atoms with van der Waals surface area (Å²) in [6.07, 6.45) is 3.22. The van der Waals surface area contributed by atoms with Crippen LogP contribution in [0, 0.1) is 0 Å². The van der Waals surface area contributed by atoms with Gasteiger partial charge in [0.25, 0.3) is 0 Å². The fourth-order valence-electron chi connectivity index (χ4n) is 0.0962. The van der Waals surface area contributed by atoms with E-state index in [1.54, 1.807) is 0 Å². The molecule has 2 heterocycles. The molecule has 2 aliphatic heterocycles. The number of rotatable bonds is 1. The lowest BCUT2D eigenvalue weighted by atomic mass is 10.4. The van der Waals surface area contributed by atoms with Gasteiger partial charge in [-0.3, -0.25) is 0 Å². The first-order chi connectivity index (χ1) is 5.31. The van der Waals surface area contributed by atoms with Gasteiger partial charge in [-0.05, 0) is 6.92 Å². The zero-order valence-corrected chi connectivity index (χ0v) is 7.93. The van der Waals surface area contributed by atoms with E-state index < -0.39 is 0 Å². The molecule has 2 heteroatoms. The Morgan fingerprint density at radius 2 is 1.45 bits per heavy atom. The van der Waals surface area contributed by atoms with Gasteiger partial charge in [0.15, 0.2) is 0 Å². The highest BCUT2D eigenvalue weighted by Gasteiger charge is 2.13. The van der Waals surface area contributed by atoms with Crippen LogP contribution in [0.1, 0.15) is 33.6 Å². The largest absolute Gasteiger partial charge is 0.377 e. The third-order valence-electron chi connectivity index (χ3n) is 1.20. The van der Waals surface area contributed by atoms with Crippen LogP contribution in [0.2, 0.25) is 0 Å². The van der Waals surface area contributed by atoms with Crippen molar-refractivity contribution in [2.45, 2.75) is 39.7 Å². The summed E-state index contributed by atoms with van der Waals surface area (Å²) in [5, 5.41) is 0. The molecular weight excluding hydrogens is 140 g/mol. The average Bonchev–Trinajstić information content (AvgIpc) is 2.81. The summed E-state index contributed by atoms with van der Waals surface area (Å²) in [5.41, 5.74) is 0. The lowest BCUT2D eigenvalue weighted by molar-refractivity contribution is 0.423. The number of unbranched alkanes of at least 4 members (excludes halogenated alkanes) is 1. The second kappa shape index (κ2) is 8.02. The van der Waals surface area contributed by atoms with E-state index in [1.807, 2.05) is 0 Å². The summed E-state index contributed by atoms with van der Waals surface area (Å²) in [6, 6.07) is 0. The van der Waals surface area contributed by atoms with E-state index >= 15 is 0 Å². The summed E-state index contributed by atoms with van der Waals surface area (Å²) in [6.45, 7) is 9.40. The molecule has 11 heavy (non-hydrogen) atoms. The molecule has 0 amide bonds. The van der Waals surface area contributed by atoms with Gasteiger partial charge in [-0.25, -0.2) is 0 Å². The average molecular weight is 160 g/mol. The predicted molar refractivity (Wildman–Crippen MR) is 46.8 cm³/mol. The minimum atomic E-state index is 0.583. The molecule has 2 aliphatic rings. The van der Waals surface area contributed by atoms with Crippen molar-refractivity contribution in [3.8, 4) is 0 Å². The number of hydrogen-bond acceptors (Lipinski definition) is 2. The van der Waals surface area contributed by atoms with E-state index in [2.05, 4.69) is 25.5 Å². The van der Waals surface area contributed by atoms with Crippen molar-refractivity contribution in [2.24, 2.45) is 0 Å². The molecule has 68 valence electrons. The minimum absolute atomic E-state index is 0.583. The number of hydrogen-bond donors (Lipinski definition) is 0. The van der Waals surface area contributed by atoms with Gasteiger partial charge in [0.05, 0.1) is 25.9 Å². The van der Waals surface area contributed by atoms with Crippen molar-refractivity contribution in [1.29, 1.82) is 0 Å². The Kier molecular flexibility index (Phi) is 7.96. The van der Waals surface area contributed by atoms with Crippen molar-refractivity contribution in [3.63, 3.8) is 0 Å². The first kappa shape index (κ1) is 10.9. The highest BCUT2D eigenvalue weighted by Crippen LogP contribution is 2.04. The molecule has 0 aromatic rings. The molecule has 0 radical (unpaired) electrons. The lowest BCUT2D eigenvalue weighted by Gasteiger charge is -1.68. The Morgan fingerprint density at radius 3 is 1.45 bits per heavy atom. The first-order valence-corrected chi connectivity index (χ1v) is 4.50. The number of ether oxygens (including phenoxy) is 2. The molecule has 0 aromatic carbocycles. The second-order valence-electron chi connectivity index (χ2n) is 2.76. The monoisotopic (exact) mass is 160 g/mol. The molecule has 0 bridgehead atoms. The van der Waals surface area contributed by atoms with E-state index in [9.17, 15) is 0 Å². The minimum Gasteiger partial charge on any atom is -0.377 e. The van der Waals surface area contributed by atoms with Crippen LogP contribution in [0.15, 0.2) is 0 Å². The van der Waals surface area contributed by atoms with Crippen LogP contribution in [-0.2, 0) is 9.47 Å². The van der Waals surface area contributed by atoms with Crippen molar-refractivity contribution >= 4 is 0 Å². The summed E-state index contributed by atoms with van der Waals surface area (Å²) >= 11 is 0. The second-order valence-corrected chi connectivity index (χ2v) is 2.76. The van der Waals surface area contributed by atoms with Gasteiger partial charge in [0.2, 0.25) is 0 Å². The fraction of sp³-hybridized carbons (Fsp3) is 1.00. The van der Waals surface area contributed by atoms with Crippen molar-refractivity contribution in [1.82, 2.24) is 0 Å². The zero-order chi connectivity index (χ0) is 8.53. The van der Waals surface area contributed by atoms with E-state index in [4.69, 9.17) is 4.74 Å². The van der Waals surface area contributed by atoms with Crippen molar-refractivity contribution in [3.05, 3.63) is 0 Å². The predicted octanol–water partition coefficient (Wildman–Crippen LogP) is 2.23. The van der Waals surface area contributed by atoms with Crippen LogP contribution in [0.4, 0.5) is 0 Å². The molecule has 2 fully saturated rings. The van der Waals surface area contributed by atoms with Gasteiger partial charge >= 0.3 is 0 Å². The van der Waals surface area contributed by atoms with Gasteiger partial charge in [-0.2, -0.15) is 0 Å². The Labute approximate surface area is 69.9 Å². The molecule has 2 nitrogen and oxygen atoms in total. The van der Waals surface area contributed by atoms with Gasteiger partial charge in [-0.15, -0.1) is 0 Å².